The van der Waals surface area contributed by atoms with Crippen molar-refractivity contribution in [1.82, 2.24) is 0 Å². The average molecular weight is 259 g/mol. The summed E-state index contributed by atoms with van der Waals surface area (Å²) < 4.78 is 4.62. The van der Waals surface area contributed by atoms with Gasteiger partial charge in [0.1, 0.15) is 6.42 Å². The molecule has 0 aliphatic rings. The molecule has 5 nitrogen and oxygen atoms in total. The third-order valence-electron chi connectivity index (χ3n) is 2.34. The van der Waals surface area contributed by atoms with Crippen molar-refractivity contribution in [2.24, 2.45) is 0 Å². The van der Waals surface area contributed by atoms with Gasteiger partial charge in [-0.3, -0.25) is 14.4 Å². The van der Waals surface area contributed by atoms with Crippen molar-refractivity contribution in [2.75, 3.05) is 6.61 Å². The van der Waals surface area contributed by atoms with Crippen molar-refractivity contribution in [3.05, 3.63) is 35.4 Å². The van der Waals surface area contributed by atoms with E-state index in [1.54, 1.807) is 6.92 Å². The van der Waals surface area contributed by atoms with E-state index >= 15 is 0 Å². The molecule has 0 atom stereocenters. The zero-order chi connectivity index (χ0) is 14.3. The van der Waals surface area contributed by atoms with E-state index in [-0.39, 0.29) is 18.8 Å². The largest absolute Gasteiger partial charge is 0.466 e. The van der Waals surface area contributed by atoms with E-state index in [0.29, 0.717) is 11.1 Å². The second kappa shape index (κ2) is 7.07. The standard InChI is InChI=1S/C14H13NO4/c1-2-19-14(18)8-12(16)7-13(17)11-5-3-10(9-15)4-6-11/h3-6H,2,7-8H2,1H3. The summed E-state index contributed by atoms with van der Waals surface area (Å²) in [5.41, 5.74) is 0.783. The maximum Gasteiger partial charge on any atom is 0.313 e. The maximum absolute atomic E-state index is 11.7. The highest BCUT2D eigenvalue weighted by Crippen LogP contribution is 2.07. The number of ether oxygens (including phenoxy) is 1. The van der Waals surface area contributed by atoms with E-state index in [2.05, 4.69) is 4.74 Å². The van der Waals surface area contributed by atoms with E-state index in [0.717, 1.165) is 0 Å². The SMILES string of the molecule is CCOC(=O)CC(=O)CC(=O)c1ccc(C#N)cc1. The van der Waals surface area contributed by atoms with Gasteiger partial charge in [0, 0.05) is 5.56 Å². The lowest BCUT2D eigenvalue weighted by Crippen LogP contribution is -2.14. The lowest BCUT2D eigenvalue weighted by Gasteiger charge is -2.02. The molecule has 0 saturated carbocycles. The first-order valence-corrected chi connectivity index (χ1v) is 5.77. The molecule has 0 N–H and O–H groups in total. The minimum atomic E-state index is -0.625. The van der Waals surface area contributed by atoms with Crippen molar-refractivity contribution in [3.63, 3.8) is 0 Å². The number of Topliss-reactive ketones (excluding diaryl/α,β-unsaturated/α-hetero) is 2. The molecular formula is C14H13NO4. The number of esters is 1. The summed E-state index contributed by atoms with van der Waals surface area (Å²) in [7, 11) is 0. The summed E-state index contributed by atoms with van der Waals surface area (Å²) in [6, 6.07) is 7.91. The van der Waals surface area contributed by atoms with Gasteiger partial charge in [0.2, 0.25) is 0 Å². The topological polar surface area (TPSA) is 84.2 Å². The summed E-state index contributed by atoms with van der Waals surface area (Å²) in [6.45, 7) is 1.85. The molecule has 0 spiro atoms. The number of nitriles is 1. The smallest absolute Gasteiger partial charge is 0.313 e. The van der Waals surface area contributed by atoms with Crippen molar-refractivity contribution in [1.29, 1.82) is 5.26 Å². The van der Waals surface area contributed by atoms with Gasteiger partial charge in [-0.1, -0.05) is 12.1 Å². The van der Waals surface area contributed by atoms with Crippen LogP contribution in [0.15, 0.2) is 24.3 Å². The molecule has 0 fully saturated rings. The zero-order valence-electron chi connectivity index (χ0n) is 10.5. The van der Waals surface area contributed by atoms with E-state index in [1.165, 1.54) is 24.3 Å². The van der Waals surface area contributed by atoms with Crippen LogP contribution in [0, 0.1) is 11.3 Å². The minimum absolute atomic E-state index is 0.204. The molecule has 1 rings (SSSR count). The summed E-state index contributed by atoms with van der Waals surface area (Å²) in [5, 5.41) is 8.62. The number of nitrogens with zero attached hydrogens (tertiary/aromatic N) is 1. The fraction of sp³-hybridized carbons (Fsp3) is 0.286. The van der Waals surface area contributed by atoms with Crippen LogP contribution in [0.1, 0.15) is 35.7 Å². The lowest BCUT2D eigenvalue weighted by atomic mass is 10.0. The van der Waals surface area contributed by atoms with E-state index in [4.69, 9.17) is 5.26 Å². The Morgan fingerprint density at radius 3 is 2.32 bits per heavy atom. The molecule has 1 aromatic rings. The van der Waals surface area contributed by atoms with Gasteiger partial charge in [-0.2, -0.15) is 5.26 Å². The van der Waals surface area contributed by atoms with Gasteiger partial charge in [0.15, 0.2) is 11.6 Å². The molecule has 0 aliphatic heterocycles. The van der Waals surface area contributed by atoms with Crippen LogP contribution >= 0.6 is 0 Å². The van der Waals surface area contributed by atoms with Gasteiger partial charge >= 0.3 is 5.97 Å². The van der Waals surface area contributed by atoms with Crippen LogP contribution in [-0.4, -0.2) is 24.1 Å². The second-order valence-electron chi connectivity index (χ2n) is 3.81. The third-order valence-corrected chi connectivity index (χ3v) is 2.34. The third kappa shape index (κ3) is 4.72. The Kier molecular flexibility index (Phi) is 5.42. The van der Waals surface area contributed by atoms with Crippen LogP contribution in [0.4, 0.5) is 0 Å². The Labute approximate surface area is 110 Å². The van der Waals surface area contributed by atoms with Gasteiger partial charge in [-0.25, -0.2) is 0 Å². The number of carbonyl (C=O) groups excluding carboxylic acids is 3. The van der Waals surface area contributed by atoms with Crippen molar-refractivity contribution in [3.8, 4) is 6.07 Å². The average Bonchev–Trinajstić information content (AvgIpc) is 2.38. The van der Waals surface area contributed by atoms with Crippen LogP contribution in [0.3, 0.4) is 0 Å². The Morgan fingerprint density at radius 2 is 1.79 bits per heavy atom. The fourth-order valence-electron chi connectivity index (χ4n) is 1.45. The van der Waals surface area contributed by atoms with E-state index in [9.17, 15) is 14.4 Å². The van der Waals surface area contributed by atoms with E-state index < -0.39 is 18.2 Å². The summed E-state index contributed by atoms with van der Waals surface area (Å²) >= 11 is 0. The predicted molar refractivity (Wildman–Crippen MR) is 66.4 cm³/mol. The van der Waals surface area contributed by atoms with Crippen LogP contribution in [-0.2, 0) is 14.3 Å². The van der Waals surface area contributed by atoms with Crippen molar-refractivity contribution in [2.45, 2.75) is 19.8 Å². The molecular weight excluding hydrogens is 246 g/mol. The number of rotatable bonds is 6. The molecule has 98 valence electrons. The number of hydrogen-bond donors (Lipinski definition) is 0. The number of benzene rings is 1. The molecule has 0 radical (unpaired) electrons. The Bertz CT molecular complexity index is 525. The van der Waals surface area contributed by atoms with Gasteiger partial charge < -0.3 is 4.74 Å². The van der Waals surface area contributed by atoms with Crippen LogP contribution < -0.4 is 0 Å². The Balaban J connectivity index is 2.57. The number of carbonyl (C=O) groups is 3. The molecule has 0 heterocycles. The molecule has 1 aromatic carbocycles. The minimum Gasteiger partial charge on any atom is -0.466 e. The van der Waals surface area contributed by atoms with Crippen LogP contribution in [0.25, 0.3) is 0 Å². The Hall–Kier alpha value is -2.48. The van der Waals surface area contributed by atoms with Crippen molar-refractivity contribution >= 4 is 17.5 Å². The molecule has 19 heavy (non-hydrogen) atoms. The molecule has 0 unspecified atom stereocenters. The molecule has 0 bridgehead atoms. The van der Waals surface area contributed by atoms with E-state index in [1.807, 2.05) is 6.07 Å². The first-order valence-electron chi connectivity index (χ1n) is 5.77. The zero-order valence-corrected chi connectivity index (χ0v) is 10.5. The summed E-state index contributed by atoms with van der Waals surface area (Å²) in [5.74, 6) is -1.48. The molecule has 0 amide bonds. The lowest BCUT2D eigenvalue weighted by molar-refractivity contribution is -0.145. The van der Waals surface area contributed by atoms with Crippen molar-refractivity contribution < 1.29 is 19.1 Å². The highest BCUT2D eigenvalue weighted by molar-refractivity contribution is 6.11. The number of hydrogen-bond acceptors (Lipinski definition) is 5. The quantitative estimate of drug-likeness (QED) is 0.440. The van der Waals surface area contributed by atoms with Crippen LogP contribution in [0.2, 0.25) is 0 Å². The molecule has 5 heteroatoms. The first kappa shape index (κ1) is 14.6. The maximum atomic E-state index is 11.7. The predicted octanol–water partition coefficient (Wildman–Crippen LogP) is 1.65. The highest BCUT2D eigenvalue weighted by atomic mass is 16.5. The Morgan fingerprint density at radius 1 is 1.16 bits per heavy atom. The summed E-state index contributed by atoms with van der Waals surface area (Å²) in [4.78, 5) is 34.3. The van der Waals surface area contributed by atoms with Crippen LogP contribution in [0.5, 0.6) is 0 Å². The fourth-order valence-corrected chi connectivity index (χ4v) is 1.45. The molecule has 0 saturated heterocycles. The number of ketones is 2. The van der Waals surface area contributed by atoms with Gasteiger partial charge in [-0.05, 0) is 19.1 Å². The summed E-state index contributed by atoms with van der Waals surface area (Å²) in [6.07, 6.45) is -0.736. The van der Waals surface area contributed by atoms with Gasteiger partial charge in [-0.15, -0.1) is 0 Å². The monoisotopic (exact) mass is 259 g/mol. The van der Waals surface area contributed by atoms with Gasteiger partial charge in [0.25, 0.3) is 0 Å². The molecule has 0 aromatic heterocycles. The van der Waals surface area contributed by atoms with Gasteiger partial charge in [0.05, 0.1) is 24.7 Å². The second-order valence-corrected chi connectivity index (χ2v) is 3.81. The molecule has 0 aliphatic carbocycles. The normalized spacial score (nSPS) is 9.47. The first-order chi connectivity index (χ1) is 9.06. The highest BCUT2D eigenvalue weighted by Gasteiger charge is 2.15.